The predicted molar refractivity (Wildman–Crippen MR) is 77.0 cm³/mol. The third-order valence-electron chi connectivity index (χ3n) is 3.29. The van der Waals surface area contributed by atoms with Crippen molar-refractivity contribution in [2.24, 2.45) is 5.73 Å². The van der Waals surface area contributed by atoms with Crippen molar-refractivity contribution in [3.05, 3.63) is 47.5 Å². The summed E-state index contributed by atoms with van der Waals surface area (Å²) >= 11 is 0. The molecule has 0 aromatic heterocycles. The Balaban J connectivity index is 2.34. The molecule has 1 unspecified atom stereocenters. The normalized spacial score (nSPS) is 12.4. The number of aryl methyl sites for hydroxylation is 1. The van der Waals surface area contributed by atoms with Gasteiger partial charge in [-0.05, 0) is 42.2 Å². The van der Waals surface area contributed by atoms with Crippen LogP contribution in [0.1, 0.15) is 18.1 Å². The maximum atomic E-state index is 11.6. The van der Waals surface area contributed by atoms with Crippen LogP contribution < -0.4 is 5.73 Å². The van der Waals surface area contributed by atoms with E-state index < -0.39 is 6.04 Å². The van der Waals surface area contributed by atoms with Gasteiger partial charge in [0.1, 0.15) is 6.04 Å². The summed E-state index contributed by atoms with van der Waals surface area (Å²) in [6, 6.07) is 11.7. The summed E-state index contributed by atoms with van der Waals surface area (Å²) in [6.45, 7) is 4.19. The lowest BCUT2D eigenvalue weighted by molar-refractivity contribution is -0.144. The van der Waals surface area contributed by atoms with E-state index >= 15 is 0 Å². The van der Waals surface area contributed by atoms with Crippen LogP contribution in [0.5, 0.6) is 0 Å². The minimum atomic E-state index is -0.607. The highest BCUT2D eigenvalue weighted by atomic mass is 16.5. The van der Waals surface area contributed by atoms with Crippen LogP contribution in [-0.4, -0.2) is 18.6 Å². The van der Waals surface area contributed by atoms with Crippen molar-refractivity contribution in [3.63, 3.8) is 0 Å². The molecule has 3 heteroatoms. The van der Waals surface area contributed by atoms with Crippen molar-refractivity contribution in [1.29, 1.82) is 0 Å². The van der Waals surface area contributed by atoms with Gasteiger partial charge in [-0.15, -0.1) is 0 Å². The minimum Gasteiger partial charge on any atom is -0.465 e. The zero-order valence-corrected chi connectivity index (χ0v) is 11.3. The fraction of sp³-hybridized carbons (Fsp3) is 0.312. The fourth-order valence-electron chi connectivity index (χ4n) is 2.27. The van der Waals surface area contributed by atoms with E-state index in [1.54, 1.807) is 6.92 Å². The van der Waals surface area contributed by atoms with Crippen LogP contribution in [0.2, 0.25) is 0 Å². The Morgan fingerprint density at radius 1 is 1.26 bits per heavy atom. The molecule has 2 aromatic rings. The molecule has 0 amide bonds. The Kier molecular flexibility index (Phi) is 4.17. The predicted octanol–water partition coefficient (Wildman–Crippen LogP) is 2.58. The molecular formula is C16H19NO2. The Bertz CT molecular complexity index is 592. The van der Waals surface area contributed by atoms with E-state index in [1.165, 1.54) is 5.39 Å². The molecule has 2 N–H and O–H groups in total. The number of carbonyl (C=O) groups is 1. The molecule has 1 atom stereocenters. The van der Waals surface area contributed by atoms with Crippen LogP contribution >= 0.6 is 0 Å². The number of hydrogen-bond acceptors (Lipinski definition) is 3. The van der Waals surface area contributed by atoms with E-state index in [0.717, 1.165) is 16.5 Å². The van der Waals surface area contributed by atoms with E-state index in [0.29, 0.717) is 13.0 Å². The van der Waals surface area contributed by atoms with E-state index in [4.69, 9.17) is 10.5 Å². The van der Waals surface area contributed by atoms with Crippen LogP contribution in [0.3, 0.4) is 0 Å². The summed E-state index contributed by atoms with van der Waals surface area (Å²) in [6.07, 6.45) is 0.506. The second kappa shape index (κ2) is 5.85. The van der Waals surface area contributed by atoms with Crippen LogP contribution in [-0.2, 0) is 16.0 Å². The molecule has 2 aromatic carbocycles. The maximum absolute atomic E-state index is 11.6. The molecular weight excluding hydrogens is 238 g/mol. The third kappa shape index (κ3) is 2.93. The Hall–Kier alpha value is -1.87. The number of hydrogen-bond donors (Lipinski definition) is 1. The highest BCUT2D eigenvalue weighted by Crippen LogP contribution is 2.23. The molecule has 0 bridgehead atoms. The van der Waals surface area contributed by atoms with Gasteiger partial charge in [-0.2, -0.15) is 0 Å². The lowest BCUT2D eigenvalue weighted by Gasteiger charge is -2.14. The first-order valence-electron chi connectivity index (χ1n) is 6.53. The second-order valence-electron chi connectivity index (χ2n) is 4.64. The summed E-state index contributed by atoms with van der Waals surface area (Å²) in [5.74, 6) is -0.338. The molecule has 2 rings (SSSR count). The molecule has 0 aliphatic rings. The van der Waals surface area contributed by atoms with Crippen LogP contribution in [0.15, 0.2) is 36.4 Å². The molecule has 0 radical (unpaired) electrons. The monoisotopic (exact) mass is 257 g/mol. The highest BCUT2D eigenvalue weighted by molar-refractivity contribution is 5.87. The zero-order chi connectivity index (χ0) is 13.8. The molecule has 100 valence electrons. The van der Waals surface area contributed by atoms with Crippen molar-refractivity contribution in [1.82, 2.24) is 0 Å². The number of ether oxygens (including phenoxy) is 1. The first-order chi connectivity index (χ1) is 9.13. The van der Waals surface area contributed by atoms with Gasteiger partial charge in [0, 0.05) is 0 Å². The van der Waals surface area contributed by atoms with E-state index in [9.17, 15) is 4.79 Å². The smallest absolute Gasteiger partial charge is 0.323 e. The van der Waals surface area contributed by atoms with Gasteiger partial charge in [0.2, 0.25) is 0 Å². The van der Waals surface area contributed by atoms with Crippen molar-refractivity contribution >= 4 is 16.7 Å². The summed E-state index contributed by atoms with van der Waals surface area (Å²) in [5.41, 5.74) is 8.20. The van der Waals surface area contributed by atoms with Crippen molar-refractivity contribution < 1.29 is 9.53 Å². The summed E-state index contributed by atoms with van der Waals surface area (Å²) < 4.78 is 4.96. The average molecular weight is 257 g/mol. The minimum absolute atomic E-state index is 0.338. The number of nitrogens with two attached hydrogens (primary N) is 1. The quantitative estimate of drug-likeness (QED) is 0.856. The molecule has 0 heterocycles. The molecule has 0 fully saturated rings. The lowest BCUT2D eigenvalue weighted by Crippen LogP contribution is -2.34. The Morgan fingerprint density at radius 3 is 2.74 bits per heavy atom. The molecule has 3 nitrogen and oxygen atoms in total. The van der Waals surface area contributed by atoms with Crippen molar-refractivity contribution in [3.8, 4) is 0 Å². The molecule has 0 saturated carbocycles. The first-order valence-corrected chi connectivity index (χ1v) is 6.53. The van der Waals surface area contributed by atoms with Gasteiger partial charge in [-0.3, -0.25) is 4.79 Å². The van der Waals surface area contributed by atoms with Gasteiger partial charge in [0.05, 0.1) is 6.61 Å². The summed E-state index contributed by atoms with van der Waals surface area (Å²) in [4.78, 5) is 11.6. The lowest BCUT2D eigenvalue weighted by atomic mass is 9.95. The number of benzene rings is 2. The SMILES string of the molecule is CCOC(=O)C(N)Cc1c(C)ccc2ccccc12. The topological polar surface area (TPSA) is 52.3 Å². The molecule has 0 aliphatic heterocycles. The van der Waals surface area contributed by atoms with Gasteiger partial charge >= 0.3 is 5.97 Å². The number of rotatable bonds is 4. The van der Waals surface area contributed by atoms with Gasteiger partial charge in [-0.25, -0.2) is 0 Å². The fourth-order valence-corrected chi connectivity index (χ4v) is 2.27. The number of carbonyl (C=O) groups excluding carboxylic acids is 1. The molecule has 0 aliphatic carbocycles. The Labute approximate surface area is 113 Å². The average Bonchev–Trinajstić information content (AvgIpc) is 2.42. The van der Waals surface area contributed by atoms with Gasteiger partial charge in [0.15, 0.2) is 0 Å². The maximum Gasteiger partial charge on any atom is 0.323 e. The summed E-state index contributed by atoms with van der Waals surface area (Å²) in [7, 11) is 0. The largest absolute Gasteiger partial charge is 0.465 e. The van der Waals surface area contributed by atoms with E-state index in [1.807, 2.05) is 19.1 Å². The van der Waals surface area contributed by atoms with E-state index in [-0.39, 0.29) is 5.97 Å². The first kappa shape index (κ1) is 13.6. The third-order valence-corrected chi connectivity index (χ3v) is 3.29. The van der Waals surface area contributed by atoms with Crippen LogP contribution in [0.4, 0.5) is 0 Å². The molecule has 0 saturated heterocycles. The molecule has 19 heavy (non-hydrogen) atoms. The second-order valence-corrected chi connectivity index (χ2v) is 4.64. The number of esters is 1. The van der Waals surface area contributed by atoms with Crippen LogP contribution in [0, 0.1) is 6.92 Å². The van der Waals surface area contributed by atoms with Crippen molar-refractivity contribution in [2.75, 3.05) is 6.61 Å². The molecule has 0 spiro atoms. The Morgan fingerprint density at radius 2 is 2.00 bits per heavy atom. The van der Waals surface area contributed by atoms with Gasteiger partial charge < -0.3 is 10.5 Å². The van der Waals surface area contributed by atoms with Crippen molar-refractivity contribution in [2.45, 2.75) is 26.3 Å². The zero-order valence-electron chi connectivity index (χ0n) is 11.3. The standard InChI is InChI=1S/C16H19NO2/c1-3-19-16(18)15(17)10-14-11(2)8-9-12-6-4-5-7-13(12)14/h4-9,15H,3,10,17H2,1-2H3. The highest BCUT2D eigenvalue weighted by Gasteiger charge is 2.17. The number of fused-ring (bicyclic) bond motifs is 1. The van der Waals surface area contributed by atoms with E-state index in [2.05, 4.69) is 24.3 Å². The van der Waals surface area contributed by atoms with Gasteiger partial charge in [-0.1, -0.05) is 36.4 Å². The van der Waals surface area contributed by atoms with Gasteiger partial charge in [0.25, 0.3) is 0 Å². The van der Waals surface area contributed by atoms with Crippen LogP contribution in [0.25, 0.3) is 10.8 Å². The summed E-state index contributed by atoms with van der Waals surface area (Å²) in [5, 5.41) is 2.32.